The summed E-state index contributed by atoms with van der Waals surface area (Å²) < 4.78 is 15.5. The van der Waals surface area contributed by atoms with E-state index in [-0.39, 0.29) is 0 Å². The van der Waals surface area contributed by atoms with E-state index in [0.29, 0.717) is 19.0 Å². The van der Waals surface area contributed by atoms with Crippen LogP contribution >= 0.6 is 12.0 Å². The second kappa shape index (κ2) is 7.35. The highest BCUT2D eigenvalue weighted by atomic mass is 32.2. The van der Waals surface area contributed by atoms with Gasteiger partial charge in [0.25, 0.3) is 0 Å². The molecule has 0 bridgehead atoms. The lowest BCUT2D eigenvalue weighted by Crippen LogP contribution is -2.00. The van der Waals surface area contributed by atoms with E-state index < -0.39 is 0 Å². The first-order valence-corrected chi connectivity index (χ1v) is 6.99. The van der Waals surface area contributed by atoms with Crippen LogP contribution in [0.15, 0.2) is 35.2 Å². The summed E-state index contributed by atoms with van der Waals surface area (Å²) in [5, 5.41) is 15.2. The van der Waals surface area contributed by atoms with Gasteiger partial charge >= 0.3 is 0 Å². The van der Waals surface area contributed by atoms with Crippen molar-refractivity contribution in [2.75, 3.05) is 13.2 Å². The van der Waals surface area contributed by atoms with Gasteiger partial charge in [-0.15, -0.1) is 0 Å². The van der Waals surface area contributed by atoms with Gasteiger partial charge in [0, 0.05) is 4.90 Å². The van der Waals surface area contributed by atoms with Crippen molar-refractivity contribution >= 4 is 22.8 Å². The minimum absolute atomic E-state index is 0.563. The fourth-order valence-electron chi connectivity index (χ4n) is 1.88. The molecule has 0 N–H and O–H groups in total. The largest absolute Gasteiger partial charge is 0.691 e. The quantitative estimate of drug-likeness (QED) is 0.445. The minimum atomic E-state index is 0.563. The topological polar surface area (TPSA) is 60.0 Å². The van der Waals surface area contributed by atoms with Crippen LogP contribution in [0.2, 0.25) is 0 Å². The number of fused-ring (bicyclic) bond motifs is 1. The predicted octanol–water partition coefficient (Wildman–Crippen LogP) is 2.87. The Labute approximate surface area is 121 Å². The van der Waals surface area contributed by atoms with Crippen LogP contribution in [0.5, 0.6) is 11.5 Å². The van der Waals surface area contributed by atoms with E-state index in [1.807, 2.05) is 44.2 Å². The van der Waals surface area contributed by atoms with Gasteiger partial charge in [0.1, 0.15) is 0 Å². The Morgan fingerprint density at radius 3 is 2.20 bits per heavy atom. The second-order valence-corrected chi connectivity index (χ2v) is 4.67. The average Bonchev–Trinajstić information content (AvgIpc) is 2.46. The molecule has 6 heteroatoms. The zero-order valence-electron chi connectivity index (χ0n) is 11.3. The Bertz CT molecular complexity index is 573. The first kappa shape index (κ1) is 14.9. The molecule has 0 atom stereocenters. The third-order valence-corrected chi connectivity index (χ3v) is 3.20. The number of ether oxygens (including phenoxy) is 2. The molecule has 0 fully saturated rings. The number of hydrogen-bond acceptors (Lipinski definition) is 6. The molecule has 0 spiro atoms. The monoisotopic (exact) mass is 295 g/mol. The molecule has 0 radical (unpaired) electrons. The molecule has 0 unspecified atom stereocenters. The lowest BCUT2D eigenvalue weighted by molar-refractivity contribution is -0.777. The summed E-state index contributed by atoms with van der Waals surface area (Å²) in [5.41, 5.74) is 0. The van der Waals surface area contributed by atoms with Crippen molar-refractivity contribution in [1.29, 1.82) is 0 Å². The molecular weight excluding hydrogens is 280 g/mol. The van der Waals surface area contributed by atoms with Gasteiger partial charge in [0.05, 0.1) is 25.3 Å². The zero-order valence-corrected chi connectivity index (χ0v) is 12.1. The molecule has 20 heavy (non-hydrogen) atoms. The van der Waals surface area contributed by atoms with E-state index in [1.165, 1.54) is 0 Å². The van der Waals surface area contributed by atoms with Crippen molar-refractivity contribution in [3.8, 4) is 11.5 Å². The van der Waals surface area contributed by atoms with Gasteiger partial charge in [-0.3, -0.25) is 5.04 Å². The van der Waals surface area contributed by atoms with E-state index in [9.17, 15) is 5.26 Å². The third kappa shape index (κ3) is 3.55. The molecule has 0 amide bonds. The van der Waals surface area contributed by atoms with Crippen molar-refractivity contribution in [3.05, 3.63) is 30.3 Å². The lowest BCUT2D eigenvalue weighted by atomic mass is 10.1. The van der Waals surface area contributed by atoms with Crippen molar-refractivity contribution in [3.63, 3.8) is 0 Å². The maximum atomic E-state index is 9.84. The zero-order chi connectivity index (χ0) is 14.4. The van der Waals surface area contributed by atoms with E-state index in [4.69, 9.17) is 9.47 Å². The molecule has 0 aromatic heterocycles. The fourth-order valence-corrected chi connectivity index (χ4v) is 2.28. The van der Waals surface area contributed by atoms with Crippen molar-refractivity contribution < 1.29 is 24.1 Å². The minimum Gasteiger partial charge on any atom is -0.691 e. The number of rotatable bonds is 7. The summed E-state index contributed by atoms with van der Waals surface area (Å²) in [6.07, 6.45) is 0. The van der Waals surface area contributed by atoms with Crippen LogP contribution < -0.4 is 14.7 Å². The third-order valence-electron chi connectivity index (χ3n) is 2.63. The molecule has 0 aliphatic heterocycles. The Morgan fingerprint density at radius 2 is 1.60 bits per heavy atom. The first-order valence-electron chi connectivity index (χ1n) is 6.25. The summed E-state index contributed by atoms with van der Waals surface area (Å²) in [6.45, 7) is 4.99. The fraction of sp³-hybridized carbons (Fsp3) is 0.286. The smallest absolute Gasteiger partial charge is 0.161 e. The van der Waals surface area contributed by atoms with Crippen LogP contribution in [0.25, 0.3) is 10.8 Å². The summed E-state index contributed by atoms with van der Waals surface area (Å²) in [4.78, 5) is 0.764. The Hall–Kier alpha value is -1.47. The SMILES string of the molecule is CCOc1cc2ccc(SOO[O-])cc2cc1OCC. The highest BCUT2D eigenvalue weighted by Crippen LogP contribution is 2.34. The van der Waals surface area contributed by atoms with Crippen LogP contribution in [0.1, 0.15) is 13.8 Å². The molecule has 2 aromatic rings. The molecule has 0 aliphatic rings. The summed E-state index contributed by atoms with van der Waals surface area (Å²) in [6, 6.07) is 9.48. The van der Waals surface area contributed by atoms with E-state index in [0.717, 1.165) is 33.5 Å². The van der Waals surface area contributed by atoms with E-state index >= 15 is 0 Å². The van der Waals surface area contributed by atoms with Gasteiger partial charge in [-0.2, -0.15) is 4.33 Å². The summed E-state index contributed by atoms with van der Waals surface area (Å²) >= 11 is 0.862. The van der Waals surface area contributed by atoms with Crippen LogP contribution in [-0.4, -0.2) is 13.2 Å². The highest BCUT2D eigenvalue weighted by Gasteiger charge is 2.08. The second-order valence-electron chi connectivity index (χ2n) is 3.89. The van der Waals surface area contributed by atoms with Gasteiger partial charge in [0.2, 0.25) is 0 Å². The molecular formula is C14H15O5S-. The molecule has 108 valence electrons. The lowest BCUT2D eigenvalue weighted by Gasteiger charge is -2.12. The standard InChI is InChI=1S/C14H16O5S/c1-3-16-13-8-10-5-6-12(20-19-18-15)7-11(10)9-14(13)17-4-2/h5-9,15H,3-4H2,1-2H3/p-1. The van der Waals surface area contributed by atoms with Crippen molar-refractivity contribution in [1.82, 2.24) is 0 Å². The Kier molecular flexibility index (Phi) is 5.49. The first-order chi connectivity index (χ1) is 9.78. The van der Waals surface area contributed by atoms with Gasteiger partial charge in [-0.25, -0.2) is 0 Å². The predicted molar refractivity (Wildman–Crippen MR) is 74.3 cm³/mol. The Morgan fingerprint density at radius 1 is 0.950 bits per heavy atom. The van der Waals surface area contributed by atoms with Gasteiger partial charge < -0.3 is 14.7 Å². The van der Waals surface area contributed by atoms with Gasteiger partial charge in [0.15, 0.2) is 11.5 Å². The molecule has 5 nitrogen and oxygen atoms in total. The van der Waals surface area contributed by atoms with Crippen LogP contribution in [0, 0.1) is 0 Å². The molecule has 2 rings (SSSR count). The van der Waals surface area contributed by atoms with Crippen LogP contribution in [-0.2, 0) is 9.37 Å². The normalized spacial score (nSPS) is 10.8. The van der Waals surface area contributed by atoms with E-state index in [1.54, 1.807) is 0 Å². The van der Waals surface area contributed by atoms with Crippen LogP contribution in [0.3, 0.4) is 0 Å². The average molecular weight is 295 g/mol. The maximum Gasteiger partial charge on any atom is 0.161 e. The highest BCUT2D eigenvalue weighted by molar-refractivity contribution is 7.94. The summed E-state index contributed by atoms with van der Waals surface area (Å²) in [5.74, 6) is 1.42. The van der Waals surface area contributed by atoms with E-state index in [2.05, 4.69) is 9.37 Å². The van der Waals surface area contributed by atoms with Crippen molar-refractivity contribution in [2.45, 2.75) is 18.7 Å². The number of benzene rings is 2. The van der Waals surface area contributed by atoms with Crippen LogP contribution in [0.4, 0.5) is 0 Å². The Balaban J connectivity index is 2.39. The molecule has 2 aromatic carbocycles. The van der Waals surface area contributed by atoms with Crippen molar-refractivity contribution in [2.24, 2.45) is 0 Å². The molecule has 0 heterocycles. The molecule has 0 saturated heterocycles. The molecule has 0 saturated carbocycles. The van der Waals surface area contributed by atoms with Gasteiger partial charge in [-0.05, 0) is 48.9 Å². The van der Waals surface area contributed by atoms with Gasteiger partial charge in [-0.1, -0.05) is 6.07 Å². The number of hydrogen-bond donors (Lipinski definition) is 0. The summed E-state index contributed by atoms with van der Waals surface area (Å²) in [7, 11) is 0. The molecule has 0 aliphatic carbocycles. The maximum absolute atomic E-state index is 9.84.